The molecule has 7 nitrogen and oxygen atoms in total. The van der Waals surface area contributed by atoms with E-state index < -0.39 is 6.04 Å². The number of likely N-dealkylation sites (N-methyl/N-ethyl adjacent to an activating group) is 1. The van der Waals surface area contributed by atoms with Gasteiger partial charge < -0.3 is 15.6 Å². The Morgan fingerprint density at radius 3 is 2.65 bits per heavy atom. The highest BCUT2D eigenvalue weighted by atomic mass is 16.2. The van der Waals surface area contributed by atoms with Crippen LogP contribution in [0.2, 0.25) is 0 Å². The minimum atomic E-state index is -0.671. The summed E-state index contributed by atoms with van der Waals surface area (Å²) in [5.74, 6) is 0.157. The number of H-pyrrole nitrogens is 1. The average Bonchev–Trinajstić information content (AvgIpc) is 3.24. The number of fused-ring (bicyclic) bond motifs is 1. The number of rotatable bonds is 8. The quantitative estimate of drug-likeness (QED) is 0.486. The van der Waals surface area contributed by atoms with Gasteiger partial charge in [-0.25, -0.2) is 4.98 Å². The summed E-state index contributed by atoms with van der Waals surface area (Å²) in [7, 11) is 1.57. The molecular formula is C24H27N5O2. The first-order valence-corrected chi connectivity index (χ1v) is 10.3. The van der Waals surface area contributed by atoms with Crippen LogP contribution < -0.4 is 10.6 Å². The molecule has 2 heterocycles. The molecule has 0 saturated heterocycles. The molecule has 0 aliphatic rings. The molecule has 0 aliphatic heterocycles. The molecule has 2 aromatic heterocycles. The summed E-state index contributed by atoms with van der Waals surface area (Å²) in [6, 6.07) is 8.31. The van der Waals surface area contributed by atoms with Gasteiger partial charge in [-0.3, -0.25) is 14.6 Å². The minimum Gasteiger partial charge on any atom is -0.357 e. The lowest BCUT2D eigenvalue weighted by Gasteiger charge is -2.18. The van der Waals surface area contributed by atoms with Gasteiger partial charge in [0.25, 0.3) is 5.91 Å². The van der Waals surface area contributed by atoms with Crippen molar-refractivity contribution in [2.75, 3.05) is 7.05 Å². The third-order valence-corrected chi connectivity index (χ3v) is 4.94. The maximum absolute atomic E-state index is 12.9. The van der Waals surface area contributed by atoms with E-state index in [1.807, 2.05) is 44.2 Å². The minimum absolute atomic E-state index is 0.236. The number of hydrogen-bond donors (Lipinski definition) is 3. The van der Waals surface area contributed by atoms with Gasteiger partial charge in [0.15, 0.2) is 0 Å². The fourth-order valence-electron chi connectivity index (χ4n) is 3.21. The predicted octanol–water partition coefficient (Wildman–Crippen LogP) is 3.77. The molecule has 0 bridgehead atoms. The van der Waals surface area contributed by atoms with Crippen LogP contribution in [0.3, 0.4) is 0 Å². The summed E-state index contributed by atoms with van der Waals surface area (Å²) >= 11 is 0. The summed E-state index contributed by atoms with van der Waals surface area (Å²) < 4.78 is 0. The zero-order valence-corrected chi connectivity index (χ0v) is 18.0. The molecule has 0 saturated carbocycles. The first-order valence-electron chi connectivity index (χ1n) is 10.3. The molecule has 1 aromatic carbocycles. The smallest absolute Gasteiger partial charge is 0.252 e. The zero-order chi connectivity index (χ0) is 22.2. The Morgan fingerprint density at radius 1 is 1.19 bits per heavy atom. The Morgan fingerprint density at radius 2 is 1.97 bits per heavy atom. The van der Waals surface area contributed by atoms with Crippen LogP contribution >= 0.6 is 0 Å². The third kappa shape index (κ3) is 5.45. The first kappa shape index (κ1) is 22.0. The largest absolute Gasteiger partial charge is 0.357 e. The summed E-state index contributed by atoms with van der Waals surface area (Å²) in [4.78, 5) is 37.1. The van der Waals surface area contributed by atoms with Gasteiger partial charge in [-0.15, -0.1) is 0 Å². The molecular weight excluding hydrogens is 390 g/mol. The van der Waals surface area contributed by atoms with E-state index in [-0.39, 0.29) is 11.8 Å². The van der Waals surface area contributed by atoms with E-state index in [1.54, 1.807) is 37.6 Å². The molecule has 7 heteroatoms. The molecule has 3 rings (SSSR count). The number of hydrogen-bond acceptors (Lipinski definition) is 4. The fraction of sp³-hybridized carbons (Fsp3) is 0.250. The second-order valence-electron chi connectivity index (χ2n) is 7.07. The third-order valence-electron chi connectivity index (χ3n) is 4.94. The van der Waals surface area contributed by atoms with Crippen molar-refractivity contribution >= 4 is 22.8 Å². The van der Waals surface area contributed by atoms with Gasteiger partial charge in [-0.2, -0.15) is 0 Å². The second kappa shape index (κ2) is 10.3. The summed E-state index contributed by atoms with van der Waals surface area (Å²) in [5, 5.41) is 5.49. The molecule has 0 unspecified atom stereocenters. The second-order valence-corrected chi connectivity index (χ2v) is 7.07. The summed E-state index contributed by atoms with van der Waals surface area (Å²) in [6.45, 7) is 3.97. The van der Waals surface area contributed by atoms with Crippen molar-refractivity contribution in [3.63, 3.8) is 0 Å². The molecule has 0 spiro atoms. The number of nitrogens with zero attached hydrogens (tertiary/aromatic N) is 2. The highest BCUT2D eigenvalue weighted by Crippen LogP contribution is 2.21. The lowest BCUT2D eigenvalue weighted by Crippen LogP contribution is -2.45. The lowest BCUT2D eigenvalue weighted by molar-refractivity contribution is -0.122. The topological polar surface area (TPSA) is 99.8 Å². The zero-order valence-electron chi connectivity index (χ0n) is 18.0. The highest BCUT2D eigenvalue weighted by Gasteiger charge is 2.21. The van der Waals surface area contributed by atoms with Gasteiger partial charge >= 0.3 is 0 Å². The van der Waals surface area contributed by atoms with Gasteiger partial charge in [0, 0.05) is 37.0 Å². The number of allylic oxidation sites excluding steroid dienone is 3. The number of aromatic amines is 1. The first-order chi connectivity index (χ1) is 15.0. The molecule has 0 fully saturated rings. The Labute approximate surface area is 181 Å². The highest BCUT2D eigenvalue weighted by molar-refractivity contribution is 6.00. The van der Waals surface area contributed by atoms with E-state index in [0.29, 0.717) is 17.8 Å². The van der Waals surface area contributed by atoms with Crippen LogP contribution in [0.5, 0.6) is 0 Å². The van der Waals surface area contributed by atoms with Crippen molar-refractivity contribution in [3.05, 3.63) is 72.1 Å². The van der Waals surface area contributed by atoms with Crippen molar-refractivity contribution in [2.45, 2.75) is 32.7 Å². The van der Waals surface area contributed by atoms with E-state index in [1.165, 1.54) is 0 Å². The van der Waals surface area contributed by atoms with Gasteiger partial charge in [0.1, 0.15) is 11.9 Å². The fourth-order valence-corrected chi connectivity index (χ4v) is 3.21. The standard InChI is InChI=1S/C24H27N5O2/c1-4-6-7-16(5-2)14-21(24(31)25-3)29-23(30)18-8-9-19-20(15-18)28-22(27-19)17-10-12-26-13-11-17/h5-13,15,21H,4,14H2,1-3H3,(H,25,31)(H,27,28)(H,29,30)/b7-6-,16-5+/t21-/m1/s1. The number of pyridine rings is 1. The van der Waals surface area contributed by atoms with Crippen LogP contribution in [0.4, 0.5) is 0 Å². The summed E-state index contributed by atoms with van der Waals surface area (Å²) in [5.41, 5.74) is 3.86. The summed E-state index contributed by atoms with van der Waals surface area (Å²) in [6.07, 6.45) is 10.7. The molecule has 0 aliphatic carbocycles. The Kier molecular flexibility index (Phi) is 7.32. The van der Waals surface area contributed by atoms with Gasteiger partial charge in [0.05, 0.1) is 11.0 Å². The number of amides is 2. The molecule has 2 amide bonds. The van der Waals surface area contributed by atoms with Crippen LogP contribution in [-0.2, 0) is 4.79 Å². The number of carbonyl (C=O) groups is 2. The van der Waals surface area contributed by atoms with E-state index in [2.05, 4.69) is 25.6 Å². The maximum atomic E-state index is 12.9. The van der Waals surface area contributed by atoms with Crippen LogP contribution in [-0.4, -0.2) is 39.9 Å². The van der Waals surface area contributed by atoms with Crippen molar-refractivity contribution in [2.24, 2.45) is 0 Å². The monoisotopic (exact) mass is 417 g/mol. The Bertz CT molecular complexity index is 1120. The molecule has 3 N–H and O–H groups in total. The number of imidazole rings is 1. The molecule has 160 valence electrons. The SMILES string of the molecule is C/C=C(\C=C/CC)C[C@@H](NC(=O)c1ccc2nc(-c3ccncc3)[nH]c2c1)C(=O)NC. The predicted molar refractivity (Wildman–Crippen MR) is 122 cm³/mol. The number of aromatic nitrogens is 3. The molecule has 31 heavy (non-hydrogen) atoms. The van der Waals surface area contributed by atoms with Crippen molar-refractivity contribution in [1.82, 2.24) is 25.6 Å². The lowest BCUT2D eigenvalue weighted by atomic mass is 10.0. The van der Waals surface area contributed by atoms with Gasteiger partial charge in [-0.05, 0) is 43.7 Å². The van der Waals surface area contributed by atoms with Crippen molar-refractivity contribution < 1.29 is 9.59 Å². The van der Waals surface area contributed by atoms with Crippen LogP contribution in [0.25, 0.3) is 22.4 Å². The number of nitrogens with one attached hydrogen (secondary N) is 3. The number of carbonyl (C=O) groups excluding carboxylic acids is 2. The van der Waals surface area contributed by atoms with Crippen LogP contribution in [0.15, 0.2) is 66.5 Å². The van der Waals surface area contributed by atoms with E-state index in [0.717, 1.165) is 28.6 Å². The van der Waals surface area contributed by atoms with Gasteiger partial charge in [0.2, 0.25) is 5.91 Å². The van der Waals surface area contributed by atoms with Crippen LogP contribution in [0, 0.1) is 0 Å². The van der Waals surface area contributed by atoms with Crippen molar-refractivity contribution in [3.8, 4) is 11.4 Å². The molecule has 1 atom stereocenters. The van der Waals surface area contributed by atoms with Crippen molar-refractivity contribution in [1.29, 1.82) is 0 Å². The number of benzene rings is 1. The molecule has 0 radical (unpaired) electrons. The molecule has 3 aromatic rings. The van der Waals surface area contributed by atoms with E-state index >= 15 is 0 Å². The Hall–Kier alpha value is -3.74. The van der Waals surface area contributed by atoms with E-state index in [9.17, 15) is 9.59 Å². The Balaban J connectivity index is 1.81. The maximum Gasteiger partial charge on any atom is 0.252 e. The van der Waals surface area contributed by atoms with Gasteiger partial charge in [-0.1, -0.05) is 30.7 Å². The normalized spacial score (nSPS) is 12.8. The van der Waals surface area contributed by atoms with E-state index in [4.69, 9.17) is 0 Å². The average molecular weight is 418 g/mol. The van der Waals surface area contributed by atoms with Crippen LogP contribution in [0.1, 0.15) is 37.0 Å².